The molecule has 1 atom stereocenters. The molecule has 1 aliphatic rings. The third kappa shape index (κ3) is 5.51. The number of amides is 2. The summed E-state index contributed by atoms with van der Waals surface area (Å²) >= 11 is 12.6. The van der Waals surface area contributed by atoms with Crippen molar-refractivity contribution in [1.82, 2.24) is 15.2 Å². The maximum absolute atomic E-state index is 14.2. The molecule has 1 aromatic heterocycles. The lowest BCUT2D eigenvalue weighted by Gasteiger charge is -2.33. The molecule has 1 unspecified atom stereocenters. The summed E-state index contributed by atoms with van der Waals surface area (Å²) in [5, 5.41) is 11.5. The Kier molecular flexibility index (Phi) is 7.29. The normalized spacial score (nSPS) is 15.5. The number of aromatic nitrogens is 1. The molecule has 2 N–H and O–H groups in total. The highest BCUT2D eigenvalue weighted by Gasteiger charge is 2.48. The van der Waals surface area contributed by atoms with E-state index in [-0.39, 0.29) is 26.5 Å². The van der Waals surface area contributed by atoms with Gasteiger partial charge in [0.2, 0.25) is 0 Å². The number of aromatic amines is 1. The minimum atomic E-state index is -5.14. The minimum Gasteiger partial charge on any atom is -0.349 e. The van der Waals surface area contributed by atoms with Gasteiger partial charge in [-0.05, 0) is 49.6 Å². The quantitative estimate of drug-likeness (QED) is 0.302. The Labute approximate surface area is 227 Å². The van der Waals surface area contributed by atoms with E-state index in [0.29, 0.717) is 29.9 Å². The number of fused-ring (bicyclic) bond motifs is 1. The van der Waals surface area contributed by atoms with Crippen LogP contribution in [0.5, 0.6) is 0 Å². The lowest BCUT2D eigenvalue weighted by molar-refractivity contribution is -0.179. The van der Waals surface area contributed by atoms with E-state index in [1.54, 1.807) is 0 Å². The van der Waals surface area contributed by atoms with E-state index >= 15 is 0 Å². The summed E-state index contributed by atoms with van der Waals surface area (Å²) in [6.45, 7) is 0.707. The molecule has 6 nitrogen and oxygen atoms in total. The molecular formula is C25H18Cl2F6N4O2. The summed E-state index contributed by atoms with van der Waals surface area (Å²) in [4.78, 5) is 29.1. The molecule has 1 heterocycles. The van der Waals surface area contributed by atoms with Crippen molar-refractivity contribution in [3.05, 3.63) is 68.8 Å². The number of nitrogens with zero attached hydrogens (tertiary/aromatic N) is 2. The molecule has 4 rings (SSSR count). The van der Waals surface area contributed by atoms with Gasteiger partial charge in [0.05, 0.1) is 27.2 Å². The van der Waals surface area contributed by atoms with Crippen molar-refractivity contribution in [2.75, 3.05) is 6.54 Å². The first-order valence-electron chi connectivity index (χ1n) is 11.4. The van der Waals surface area contributed by atoms with Crippen LogP contribution in [0.3, 0.4) is 0 Å². The SMILES string of the molecule is CCN(C(=O)c1[nH]c2cc(Cl)c(C(=O)NC3(C#N)CC3)cc2c1Cl)C(c1cccc(C(F)(F)F)c1)C(F)(F)F. The number of carbonyl (C=O) groups excluding carboxylic acids is 2. The van der Waals surface area contributed by atoms with Gasteiger partial charge in [-0.15, -0.1) is 0 Å². The van der Waals surface area contributed by atoms with E-state index < -0.39 is 59.1 Å². The smallest absolute Gasteiger partial charge is 0.349 e. The number of nitriles is 1. The number of halogens is 8. The summed E-state index contributed by atoms with van der Waals surface area (Å²) < 4.78 is 82.2. The lowest BCUT2D eigenvalue weighted by Crippen LogP contribution is -2.42. The van der Waals surface area contributed by atoms with Crippen LogP contribution in [-0.2, 0) is 6.18 Å². The van der Waals surface area contributed by atoms with Crippen LogP contribution < -0.4 is 5.32 Å². The number of nitrogens with one attached hydrogen (secondary N) is 2. The highest BCUT2D eigenvalue weighted by molar-refractivity contribution is 6.40. The van der Waals surface area contributed by atoms with Crippen molar-refractivity contribution < 1.29 is 35.9 Å². The van der Waals surface area contributed by atoms with Crippen LogP contribution in [0.4, 0.5) is 26.3 Å². The van der Waals surface area contributed by atoms with Gasteiger partial charge < -0.3 is 15.2 Å². The molecule has 39 heavy (non-hydrogen) atoms. The van der Waals surface area contributed by atoms with Crippen LogP contribution in [0.1, 0.15) is 57.8 Å². The number of rotatable bonds is 6. The molecule has 1 saturated carbocycles. The third-order valence-electron chi connectivity index (χ3n) is 6.35. The monoisotopic (exact) mass is 590 g/mol. The van der Waals surface area contributed by atoms with Crippen molar-refractivity contribution in [3.63, 3.8) is 0 Å². The second-order valence-electron chi connectivity index (χ2n) is 9.00. The number of H-pyrrole nitrogens is 1. The van der Waals surface area contributed by atoms with Gasteiger partial charge in [-0.25, -0.2) is 0 Å². The van der Waals surface area contributed by atoms with Crippen LogP contribution in [-0.4, -0.2) is 40.0 Å². The van der Waals surface area contributed by atoms with Crippen LogP contribution in [0.25, 0.3) is 10.9 Å². The van der Waals surface area contributed by atoms with Gasteiger partial charge in [0.15, 0.2) is 6.04 Å². The first-order chi connectivity index (χ1) is 18.1. The molecule has 2 amide bonds. The molecule has 0 radical (unpaired) electrons. The van der Waals surface area contributed by atoms with Gasteiger partial charge >= 0.3 is 12.4 Å². The zero-order valence-electron chi connectivity index (χ0n) is 19.9. The lowest BCUT2D eigenvalue weighted by atomic mass is 10.0. The zero-order valence-corrected chi connectivity index (χ0v) is 21.4. The third-order valence-corrected chi connectivity index (χ3v) is 7.06. The van der Waals surface area contributed by atoms with Gasteiger partial charge in [0.1, 0.15) is 11.2 Å². The van der Waals surface area contributed by atoms with E-state index in [1.807, 2.05) is 6.07 Å². The second-order valence-corrected chi connectivity index (χ2v) is 9.78. The number of benzene rings is 2. The summed E-state index contributed by atoms with van der Waals surface area (Å²) in [5.74, 6) is -1.91. The van der Waals surface area contributed by atoms with E-state index in [4.69, 9.17) is 23.2 Å². The predicted molar refractivity (Wildman–Crippen MR) is 130 cm³/mol. The van der Waals surface area contributed by atoms with Crippen molar-refractivity contribution in [2.45, 2.75) is 43.7 Å². The first kappa shape index (κ1) is 28.6. The molecule has 1 aliphatic carbocycles. The molecule has 0 bridgehead atoms. The number of carbonyl (C=O) groups is 2. The largest absolute Gasteiger partial charge is 0.416 e. The van der Waals surface area contributed by atoms with E-state index in [0.717, 1.165) is 12.1 Å². The molecule has 0 aliphatic heterocycles. The summed E-state index contributed by atoms with van der Waals surface area (Å²) in [6.07, 6.45) is -9.12. The van der Waals surface area contributed by atoms with Crippen molar-refractivity contribution in [3.8, 4) is 6.07 Å². The van der Waals surface area contributed by atoms with Crippen molar-refractivity contribution >= 4 is 45.9 Å². The topological polar surface area (TPSA) is 89.0 Å². The number of hydrogen-bond acceptors (Lipinski definition) is 3. The summed E-state index contributed by atoms with van der Waals surface area (Å²) in [6, 6.07) is 4.43. The average molecular weight is 591 g/mol. The molecule has 0 spiro atoms. The van der Waals surface area contributed by atoms with Gasteiger partial charge in [0.25, 0.3) is 11.8 Å². The van der Waals surface area contributed by atoms with E-state index in [9.17, 15) is 41.2 Å². The van der Waals surface area contributed by atoms with Crippen LogP contribution in [0, 0.1) is 11.3 Å². The molecule has 2 aromatic carbocycles. The van der Waals surface area contributed by atoms with Crippen LogP contribution in [0.2, 0.25) is 10.0 Å². The fraction of sp³-hybridized carbons (Fsp3) is 0.320. The average Bonchev–Trinajstić information content (AvgIpc) is 3.56. The van der Waals surface area contributed by atoms with Crippen LogP contribution in [0.15, 0.2) is 36.4 Å². The highest BCUT2D eigenvalue weighted by atomic mass is 35.5. The minimum absolute atomic E-state index is 0.0739. The molecule has 14 heteroatoms. The van der Waals surface area contributed by atoms with Gasteiger partial charge in [0, 0.05) is 17.4 Å². The van der Waals surface area contributed by atoms with E-state index in [1.165, 1.54) is 19.1 Å². The van der Waals surface area contributed by atoms with Crippen molar-refractivity contribution in [1.29, 1.82) is 5.26 Å². The summed E-state index contributed by atoms with van der Waals surface area (Å²) in [7, 11) is 0. The van der Waals surface area contributed by atoms with Gasteiger partial charge in [-0.2, -0.15) is 31.6 Å². The first-order valence-corrected chi connectivity index (χ1v) is 12.2. The molecule has 0 saturated heterocycles. The predicted octanol–water partition coefficient (Wildman–Crippen LogP) is 7.05. The Morgan fingerprint density at radius 3 is 2.36 bits per heavy atom. The Bertz CT molecular complexity index is 1510. The maximum Gasteiger partial charge on any atom is 0.416 e. The number of alkyl halides is 6. The van der Waals surface area contributed by atoms with Crippen molar-refractivity contribution in [2.24, 2.45) is 0 Å². The van der Waals surface area contributed by atoms with Gasteiger partial charge in [-0.1, -0.05) is 35.3 Å². The van der Waals surface area contributed by atoms with E-state index in [2.05, 4.69) is 10.3 Å². The number of hydrogen-bond donors (Lipinski definition) is 2. The maximum atomic E-state index is 14.2. The molecule has 1 fully saturated rings. The highest BCUT2D eigenvalue weighted by Crippen LogP contribution is 2.42. The zero-order chi connectivity index (χ0) is 28.9. The fourth-order valence-electron chi connectivity index (χ4n) is 4.20. The Hall–Kier alpha value is -3.43. The van der Waals surface area contributed by atoms with Crippen LogP contribution >= 0.6 is 23.2 Å². The fourth-order valence-corrected chi connectivity index (χ4v) is 4.73. The second kappa shape index (κ2) is 9.95. The summed E-state index contributed by atoms with van der Waals surface area (Å²) in [5.41, 5.74) is -3.51. The molecular weight excluding hydrogens is 573 g/mol. The Morgan fingerprint density at radius 2 is 1.82 bits per heavy atom. The van der Waals surface area contributed by atoms with Gasteiger partial charge in [-0.3, -0.25) is 9.59 Å². The molecule has 3 aromatic rings. The Morgan fingerprint density at radius 1 is 1.15 bits per heavy atom. The molecule has 206 valence electrons. The Balaban J connectivity index is 1.75. The standard InChI is InChI=1S/C25H18Cl2F6N4O2/c1-2-37(20(25(31,32)33)12-4-3-5-13(8-12)24(28,29)30)22(39)19-18(27)15-9-14(16(26)10-17(15)35-19)21(38)36-23(11-34)6-7-23/h3-5,8-10,20,35H,2,6-7H2,1H3,(H,36,38).